The van der Waals surface area contributed by atoms with E-state index >= 15 is 0 Å². The Morgan fingerprint density at radius 2 is 2.20 bits per heavy atom. The van der Waals surface area contributed by atoms with Crippen LogP contribution in [0.1, 0.15) is 12.0 Å². The largest absolute Gasteiger partial charge is 0.376 e. The number of nitrogens with one attached hydrogen (secondary N) is 1. The SMILES string of the molecule is Cc1ccc(F)cc1S(=O)(=O)NC1C(N)C2CCOC21. The average Bonchev–Trinajstić information content (AvgIpc) is 2.84. The Hall–Kier alpha value is -1.02. The van der Waals surface area contributed by atoms with Gasteiger partial charge in [-0.2, -0.15) is 0 Å². The van der Waals surface area contributed by atoms with Crippen molar-refractivity contribution in [3.05, 3.63) is 29.6 Å². The van der Waals surface area contributed by atoms with Gasteiger partial charge in [-0.1, -0.05) is 6.07 Å². The van der Waals surface area contributed by atoms with Crippen LogP contribution in [0.2, 0.25) is 0 Å². The van der Waals surface area contributed by atoms with Crippen LogP contribution in [0.5, 0.6) is 0 Å². The highest BCUT2D eigenvalue weighted by atomic mass is 32.2. The van der Waals surface area contributed by atoms with Crippen LogP contribution in [-0.4, -0.2) is 33.2 Å². The lowest BCUT2D eigenvalue weighted by molar-refractivity contribution is -0.00924. The number of fused-ring (bicyclic) bond motifs is 1. The number of sulfonamides is 1. The van der Waals surface area contributed by atoms with Gasteiger partial charge in [0.15, 0.2) is 0 Å². The molecular formula is C13H17FN2O3S. The van der Waals surface area contributed by atoms with E-state index in [0.717, 1.165) is 12.5 Å². The molecule has 7 heteroatoms. The number of rotatable bonds is 3. The van der Waals surface area contributed by atoms with Crippen molar-refractivity contribution in [1.29, 1.82) is 0 Å². The van der Waals surface area contributed by atoms with Crippen LogP contribution < -0.4 is 10.5 Å². The smallest absolute Gasteiger partial charge is 0.241 e. The monoisotopic (exact) mass is 300 g/mol. The molecule has 20 heavy (non-hydrogen) atoms. The molecule has 2 fully saturated rings. The maximum Gasteiger partial charge on any atom is 0.241 e. The molecule has 1 saturated heterocycles. The summed E-state index contributed by atoms with van der Waals surface area (Å²) in [4.78, 5) is -0.0499. The van der Waals surface area contributed by atoms with E-state index in [1.54, 1.807) is 6.92 Å². The number of halogens is 1. The molecule has 5 nitrogen and oxygen atoms in total. The predicted molar refractivity (Wildman–Crippen MR) is 71.1 cm³/mol. The van der Waals surface area contributed by atoms with Crippen LogP contribution in [0.4, 0.5) is 4.39 Å². The van der Waals surface area contributed by atoms with E-state index < -0.39 is 21.9 Å². The lowest BCUT2D eigenvalue weighted by Gasteiger charge is -2.45. The highest BCUT2D eigenvalue weighted by Gasteiger charge is 2.53. The summed E-state index contributed by atoms with van der Waals surface area (Å²) in [7, 11) is -3.80. The summed E-state index contributed by atoms with van der Waals surface area (Å²) in [6.07, 6.45) is 0.705. The standard InChI is InChI=1S/C13H17FN2O3S/c1-7-2-3-8(14)6-10(7)20(17,18)16-12-11(15)9-4-5-19-13(9)12/h2-3,6,9,11-13,16H,4-5,15H2,1H3. The van der Waals surface area contributed by atoms with E-state index in [2.05, 4.69) is 4.72 Å². The Balaban J connectivity index is 1.84. The molecule has 2 aliphatic rings. The molecule has 4 unspecified atom stereocenters. The second kappa shape index (κ2) is 4.77. The van der Waals surface area contributed by atoms with Gasteiger partial charge in [0.05, 0.1) is 17.0 Å². The number of nitrogens with two attached hydrogens (primary N) is 1. The quantitative estimate of drug-likeness (QED) is 0.853. The second-order valence-electron chi connectivity index (χ2n) is 5.42. The molecule has 4 atom stereocenters. The third kappa shape index (κ3) is 2.14. The molecule has 0 bridgehead atoms. The Labute approximate surface area is 117 Å². The first-order valence-electron chi connectivity index (χ1n) is 6.56. The molecule has 110 valence electrons. The average molecular weight is 300 g/mol. The van der Waals surface area contributed by atoms with Crippen molar-refractivity contribution in [2.75, 3.05) is 6.61 Å². The number of benzene rings is 1. The first kappa shape index (κ1) is 13.9. The molecule has 1 aromatic rings. The Morgan fingerprint density at radius 1 is 1.45 bits per heavy atom. The van der Waals surface area contributed by atoms with Gasteiger partial charge in [-0.15, -0.1) is 0 Å². The summed E-state index contributed by atoms with van der Waals surface area (Å²) in [5, 5.41) is 0. The highest BCUT2D eigenvalue weighted by molar-refractivity contribution is 7.89. The van der Waals surface area contributed by atoms with Crippen molar-refractivity contribution in [3.63, 3.8) is 0 Å². The normalized spacial score (nSPS) is 32.8. The first-order chi connectivity index (χ1) is 9.40. The van der Waals surface area contributed by atoms with Gasteiger partial charge in [0.1, 0.15) is 5.82 Å². The van der Waals surface area contributed by atoms with E-state index in [1.807, 2.05) is 0 Å². The lowest BCUT2D eigenvalue weighted by atomic mass is 9.73. The van der Waals surface area contributed by atoms with Gasteiger partial charge < -0.3 is 10.5 Å². The van der Waals surface area contributed by atoms with E-state index in [9.17, 15) is 12.8 Å². The van der Waals surface area contributed by atoms with Gasteiger partial charge in [-0.25, -0.2) is 17.5 Å². The first-order valence-corrected chi connectivity index (χ1v) is 8.04. The van der Waals surface area contributed by atoms with E-state index in [4.69, 9.17) is 10.5 Å². The van der Waals surface area contributed by atoms with Crippen LogP contribution in [0, 0.1) is 18.7 Å². The zero-order chi connectivity index (χ0) is 14.5. The maximum atomic E-state index is 13.3. The molecule has 0 radical (unpaired) electrons. The summed E-state index contributed by atoms with van der Waals surface area (Å²) in [5.74, 6) is -0.361. The molecule has 1 saturated carbocycles. The zero-order valence-corrected chi connectivity index (χ0v) is 11.9. The third-order valence-electron chi connectivity index (χ3n) is 4.18. The van der Waals surface area contributed by atoms with Crippen molar-refractivity contribution in [3.8, 4) is 0 Å². The summed E-state index contributed by atoms with van der Waals surface area (Å²) in [6, 6.07) is 3.02. The number of hydrogen-bond donors (Lipinski definition) is 2. The van der Waals surface area contributed by atoms with E-state index in [0.29, 0.717) is 12.2 Å². The summed E-state index contributed by atoms with van der Waals surface area (Å²) in [5.41, 5.74) is 6.48. The molecule has 1 aromatic carbocycles. The molecular weight excluding hydrogens is 283 g/mol. The lowest BCUT2D eigenvalue weighted by Crippen LogP contribution is -2.68. The number of aryl methyl sites for hydroxylation is 1. The summed E-state index contributed by atoms with van der Waals surface area (Å²) in [6.45, 7) is 2.24. The van der Waals surface area contributed by atoms with E-state index in [1.165, 1.54) is 12.1 Å². The van der Waals surface area contributed by atoms with Crippen molar-refractivity contribution < 1.29 is 17.5 Å². The van der Waals surface area contributed by atoms with Crippen LogP contribution in [0.25, 0.3) is 0 Å². The van der Waals surface area contributed by atoms with Crippen molar-refractivity contribution in [2.45, 2.75) is 36.4 Å². The topological polar surface area (TPSA) is 81.4 Å². The minimum atomic E-state index is -3.80. The summed E-state index contributed by atoms with van der Waals surface area (Å²) >= 11 is 0. The molecule has 1 aliphatic heterocycles. The minimum Gasteiger partial charge on any atom is -0.376 e. The Bertz CT molecular complexity index is 635. The molecule has 0 spiro atoms. The van der Waals surface area contributed by atoms with Gasteiger partial charge in [0.25, 0.3) is 0 Å². The summed E-state index contributed by atoms with van der Waals surface area (Å²) < 4.78 is 46.0. The minimum absolute atomic E-state index is 0.0499. The third-order valence-corrected chi connectivity index (χ3v) is 5.78. The Kier molecular flexibility index (Phi) is 3.32. The van der Waals surface area contributed by atoms with Gasteiger partial charge in [0.2, 0.25) is 10.0 Å². The number of ether oxygens (including phenoxy) is 1. The van der Waals surface area contributed by atoms with Gasteiger partial charge >= 0.3 is 0 Å². The van der Waals surface area contributed by atoms with Gasteiger partial charge in [-0.05, 0) is 31.0 Å². The van der Waals surface area contributed by atoms with Crippen LogP contribution in [0.3, 0.4) is 0 Å². The fourth-order valence-electron chi connectivity index (χ4n) is 3.00. The van der Waals surface area contributed by atoms with Crippen molar-refractivity contribution in [1.82, 2.24) is 4.72 Å². The van der Waals surface area contributed by atoms with E-state index in [-0.39, 0.29) is 23.0 Å². The molecule has 1 heterocycles. The van der Waals surface area contributed by atoms with Crippen molar-refractivity contribution >= 4 is 10.0 Å². The van der Waals surface area contributed by atoms with Gasteiger partial charge in [-0.3, -0.25) is 0 Å². The van der Waals surface area contributed by atoms with Crippen LogP contribution >= 0.6 is 0 Å². The van der Waals surface area contributed by atoms with Crippen LogP contribution in [0.15, 0.2) is 23.1 Å². The highest BCUT2D eigenvalue weighted by Crippen LogP contribution is 2.38. The Morgan fingerprint density at radius 3 is 2.95 bits per heavy atom. The molecule has 3 N–H and O–H groups in total. The van der Waals surface area contributed by atoms with Crippen molar-refractivity contribution in [2.24, 2.45) is 11.7 Å². The molecule has 1 aliphatic carbocycles. The second-order valence-corrected chi connectivity index (χ2v) is 7.10. The van der Waals surface area contributed by atoms with Gasteiger partial charge in [0, 0.05) is 18.6 Å². The van der Waals surface area contributed by atoms with Crippen LogP contribution in [-0.2, 0) is 14.8 Å². The predicted octanol–water partition coefficient (Wildman–Crippen LogP) is 0.527. The fourth-order valence-corrected chi connectivity index (χ4v) is 4.54. The maximum absolute atomic E-state index is 13.3. The zero-order valence-electron chi connectivity index (χ0n) is 11.0. The molecule has 0 amide bonds. The molecule has 0 aromatic heterocycles. The molecule has 3 rings (SSSR count). The fraction of sp³-hybridized carbons (Fsp3) is 0.538. The number of hydrogen-bond acceptors (Lipinski definition) is 4.